The van der Waals surface area contributed by atoms with E-state index in [1.54, 1.807) is 19.0 Å². The third-order valence-electron chi connectivity index (χ3n) is 4.14. The van der Waals surface area contributed by atoms with E-state index in [2.05, 4.69) is 5.32 Å². The van der Waals surface area contributed by atoms with Crippen molar-refractivity contribution in [1.82, 2.24) is 15.1 Å². The van der Waals surface area contributed by atoms with Gasteiger partial charge in [0.15, 0.2) is 0 Å². The lowest BCUT2D eigenvalue weighted by Gasteiger charge is -2.39. The molecule has 3 amide bonds. The number of ether oxygens (including phenoxy) is 1. The summed E-state index contributed by atoms with van der Waals surface area (Å²) in [5.41, 5.74) is 0.961. The molecule has 0 bridgehead atoms. The van der Waals surface area contributed by atoms with Gasteiger partial charge < -0.3 is 19.9 Å². The molecule has 1 aliphatic heterocycles. The number of amides is 3. The summed E-state index contributed by atoms with van der Waals surface area (Å²) in [5, 5.41) is 2.96. The largest absolute Gasteiger partial charge is 0.445 e. The van der Waals surface area contributed by atoms with Gasteiger partial charge in [-0.25, -0.2) is 9.59 Å². The van der Waals surface area contributed by atoms with Crippen LogP contribution in [0.25, 0.3) is 0 Å². The van der Waals surface area contributed by atoms with Gasteiger partial charge in [0.2, 0.25) is 0 Å². The molecule has 1 aliphatic rings. The zero-order valence-electron chi connectivity index (χ0n) is 14.0. The maximum atomic E-state index is 12.3. The first-order valence-corrected chi connectivity index (χ1v) is 7.94. The Labute approximate surface area is 137 Å². The van der Waals surface area contributed by atoms with Gasteiger partial charge in [0.25, 0.3) is 0 Å². The first-order chi connectivity index (χ1) is 11.0. The Balaban J connectivity index is 1.90. The van der Waals surface area contributed by atoms with Crippen molar-refractivity contribution in [3.63, 3.8) is 0 Å². The molecule has 0 aliphatic carbocycles. The van der Waals surface area contributed by atoms with Crippen LogP contribution < -0.4 is 5.32 Å². The van der Waals surface area contributed by atoms with E-state index >= 15 is 0 Å². The van der Waals surface area contributed by atoms with Gasteiger partial charge in [0.1, 0.15) is 6.61 Å². The summed E-state index contributed by atoms with van der Waals surface area (Å²) >= 11 is 0. The first-order valence-electron chi connectivity index (χ1n) is 7.94. The standard InChI is InChI=1S/C17H25N3O3/c1-13-15(18-16(21)19(2)3)10-7-11-20(13)17(22)23-12-14-8-5-4-6-9-14/h4-6,8-9,13,15H,7,10-12H2,1-3H3,(H,18,21)/t13-,15-/m1/s1. The average Bonchev–Trinajstić information content (AvgIpc) is 2.55. The lowest BCUT2D eigenvalue weighted by atomic mass is 9.98. The van der Waals surface area contributed by atoms with Crippen LogP contribution in [0.5, 0.6) is 0 Å². The Morgan fingerprint density at radius 1 is 1.30 bits per heavy atom. The summed E-state index contributed by atoms with van der Waals surface area (Å²) < 4.78 is 5.40. The van der Waals surface area contributed by atoms with Gasteiger partial charge >= 0.3 is 12.1 Å². The van der Waals surface area contributed by atoms with Crippen LogP contribution in [0, 0.1) is 0 Å². The number of urea groups is 1. The van der Waals surface area contributed by atoms with Crippen molar-refractivity contribution in [1.29, 1.82) is 0 Å². The zero-order chi connectivity index (χ0) is 16.8. The number of carbonyl (C=O) groups is 2. The third kappa shape index (κ3) is 4.61. The molecule has 0 saturated carbocycles. The van der Waals surface area contributed by atoms with Gasteiger partial charge in [-0.2, -0.15) is 0 Å². The molecule has 0 unspecified atom stereocenters. The van der Waals surface area contributed by atoms with E-state index in [9.17, 15) is 9.59 Å². The molecule has 6 nitrogen and oxygen atoms in total. The smallest absolute Gasteiger partial charge is 0.410 e. The molecular formula is C17H25N3O3. The Bertz CT molecular complexity index is 533. The van der Waals surface area contributed by atoms with Crippen LogP contribution in [0.2, 0.25) is 0 Å². The molecule has 1 saturated heterocycles. The maximum absolute atomic E-state index is 12.3. The molecule has 1 aromatic rings. The molecule has 0 spiro atoms. The summed E-state index contributed by atoms with van der Waals surface area (Å²) in [4.78, 5) is 27.4. The van der Waals surface area contributed by atoms with E-state index in [1.165, 1.54) is 4.90 Å². The fourth-order valence-corrected chi connectivity index (χ4v) is 2.68. The van der Waals surface area contributed by atoms with Crippen molar-refractivity contribution < 1.29 is 14.3 Å². The fraction of sp³-hybridized carbons (Fsp3) is 0.529. The summed E-state index contributed by atoms with van der Waals surface area (Å²) in [5.74, 6) is 0. The second kappa shape index (κ2) is 7.85. The van der Waals surface area contributed by atoms with Gasteiger partial charge in [-0.15, -0.1) is 0 Å². The van der Waals surface area contributed by atoms with Crippen molar-refractivity contribution in [3.8, 4) is 0 Å². The SMILES string of the molecule is C[C@@H]1[C@H](NC(=O)N(C)C)CCCN1C(=O)OCc1ccccc1. The Morgan fingerprint density at radius 3 is 2.65 bits per heavy atom. The van der Waals surface area contributed by atoms with Gasteiger partial charge in [-0.1, -0.05) is 30.3 Å². The Morgan fingerprint density at radius 2 is 2.00 bits per heavy atom. The molecule has 1 fully saturated rings. The second-order valence-electron chi connectivity index (χ2n) is 6.07. The number of carbonyl (C=O) groups excluding carboxylic acids is 2. The maximum Gasteiger partial charge on any atom is 0.410 e. The average molecular weight is 319 g/mol. The molecule has 1 aromatic carbocycles. The minimum Gasteiger partial charge on any atom is -0.445 e. The predicted molar refractivity (Wildman–Crippen MR) is 88.0 cm³/mol. The van der Waals surface area contributed by atoms with Crippen LogP contribution >= 0.6 is 0 Å². The zero-order valence-corrected chi connectivity index (χ0v) is 14.0. The highest BCUT2D eigenvalue weighted by molar-refractivity contribution is 5.74. The number of hydrogen-bond donors (Lipinski definition) is 1. The van der Waals surface area contributed by atoms with Crippen molar-refractivity contribution in [2.24, 2.45) is 0 Å². The molecule has 1 heterocycles. The highest BCUT2D eigenvalue weighted by Gasteiger charge is 2.33. The number of nitrogens with zero attached hydrogens (tertiary/aromatic N) is 2. The lowest BCUT2D eigenvalue weighted by Crippen LogP contribution is -2.57. The van der Waals surface area contributed by atoms with Crippen molar-refractivity contribution >= 4 is 12.1 Å². The Hall–Kier alpha value is -2.24. The van der Waals surface area contributed by atoms with E-state index in [0.29, 0.717) is 6.54 Å². The number of benzene rings is 1. The van der Waals surface area contributed by atoms with Crippen molar-refractivity contribution in [2.75, 3.05) is 20.6 Å². The van der Waals surface area contributed by atoms with Crippen molar-refractivity contribution in [2.45, 2.75) is 38.5 Å². The number of rotatable bonds is 3. The topological polar surface area (TPSA) is 61.9 Å². The Kier molecular flexibility index (Phi) is 5.84. The number of nitrogens with one attached hydrogen (secondary N) is 1. The van der Waals surface area contributed by atoms with Crippen LogP contribution in [-0.2, 0) is 11.3 Å². The molecule has 6 heteroatoms. The predicted octanol–water partition coefficient (Wildman–Crippen LogP) is 2.45. The first kappa shape index (κ1) is 17.1. The number of hydrogen-bond acceptors (Lipinski definition) is 3. The van der Waals surface area contributed by atoms with Crippen LogP contribution in [0.3, 0.4) is 0 Å². The minimum atomic E-state index is -0.329. The highest BCUT2D eigenvalue weighted by atomic mass is 16.6. The molecular weight excluding hydrogens is 294 g/mol. The fourth-order valence-electron chi connectivity index (χ4n) is 2.68. The quantitative estimate of drug-likeness (QED) is 0.931. The molecule has 1 N–H and O–H groups in total. The molecule has 23 heavy (non-hydrogen) atoms. The third-order valence-corrected chi connectivity index (χ3v) is 4.14. The summed E-state index contributed by atoms with van der Waals surface area (Å²) in [6.07, 6.45) is 1.39. The van der Waals surface area contributed by atoms with Gasteiger partial charge in [0.05, 0.1) is 12.1 Å². The number of piperidine rings is 1. The summed E-state index contributed by atoms with van der Waals surface area (Å²) in [7, 11) is 3.41. The molecule has 0 aromatic heterocycles. The van der Waals surface area contributed by atoms with E-state index in [0.717, 1.165) is 18.4 Å². The van der Waals surface area contributed by atoms with E-state index in [1.807, 2.05) is 37.3 Å². The monoisotopic (exact) mass is 319 g/mol. The molecule has 2 rings (SSSR count). The van der Waals surface area contributed by atoms with Crippen LogP contribution in [0.15, 0.2) is 30.3 Å². The van der Waals surface area contributed by atoms with Crippen molar-refractivity contribution in [3.05, 3.63) is 35.9 Å². The molecule has 0 radical (unpaired) electrons. The normalized spacial score (nSPS) is 20.7. The second-order valence-corrected chi connectivity index (χ2v) is 6.07. The van der Waals surface area contributed by atoms with Crippen LogP contribution in [0.4, 0.5) is 9.59 Å². The lowest BCUT2D eigenvalue weighted by molar-refractivity contribution is 0.0622. The van der Waals surface area contributed by atoms with Gasteiger partial charge in [-0.3, -0.25) is 0 Å². The van der Waals surface area contributed by atoms with E-state index in [4.69, 9.17) is 4.74 Å². The summed E-state index contributed by atoms with van der Waals surface area (Å²) in [6.45, 7) is 2.87. The van der Waals surface area contributed by atoms with E-state index < -0.39 is 0 Å². The van der Waals surface area contributed by atoms with Crippen LogP contribution in [0.1, 0.15) is 25.3 Å². The van der Waals surface area contributed by atoms with Gasteiger partial charge in [-0.05, 0) is 25.3 Å². The van der Waals surface area contributed by atoms with E-state index in [-0.39, 0.29) is 30.8 Å². The van der Waals surface area contributed by atoms with Gasteiger partial charge in [0, 0.05) is 20.6 Å². The highest BCUT2D eigenvalue weighted by Crippen LogP contribution is 2.19. The minimum absolute atomic E-state index is 0.0528. The number of likely N-dealkylation sites (tertiary alicyclic amines) is 1. The summed E-state index contributed by atoms with van der Waals surface area (Å²) in [6, 6.07) is 9.33. The molecule has 2 atom stereocenters. The molecule has 126 valence electrons. The van der Waals surface area contributed by atoms with Crippen LogP contribution in [-0.4, -0.2) is 54.6 Å².